The summed E-state index contributed by atoms with van der Waals surface area (Å²) in [7, 11) is 5.29. The van der Waals surface area contributed by atoms with Gasteiger partial charge in [-0.2, -0.15) is 0 Å². The molecule has 0 aliphatic carbocycles. The van der Waals surface area contributed by atoms with Gasteiger partial charge in [-0.25, -0.2) is 0 Å². The van der Waals surface area contributed by atoms with E-state index in [1.807, 2.05) is 14.0 Å². The van der Waals surface area contributed by atoms with Gasteiger partial charge in [0.1, 0.15) is 0 Å². The summed E-state index contributed by atoms with van der Waals surface area (Å²) in [5.74, 6) is 0. The van der Waals surface area contributed by atoms with E-state index in [0.717, 1.165) is 32.7 Å². The SMILES string of the molecule is CNC(C)(CO)CN(CCCOC)CCOC. The largest absolute Gasteiger partial charge is 0.394 e. The van der Waals surface area contributed by atoms with Gasteiger partial charge >= 0.3 is 0 Å². The van der Waals surface area contributed by atoms with Crippen LogP contribution in [0.5, 0.6) is 0 Å². The van der Waals surface area contributed by atoms with Crippen molar-refractivity contribution in [3.63, 3.8) is 0 Å². The molecule has 0 spiro atoms. The quantitative estimate of drug-likeness (QED) is 0.502. The van der Waals surface area contributed by atoms with Gasteiger partial charge in [0.05, 0.1) is 18.8 Å². The van der Waals surface area contributed by atoms with Crippen LogP contribution in [0.25, 0.3) is 0 Å². The molecule has 0 bridgehead atoms. The zero-order valence-corrected chi connectivity index (χ0v) is 11.7. The van der Waals surface area contributed by atoms with Crippen LogP contribution in [-0.2, 0) is 9.47 Å². The topological polar surface area (TPSA) is 54.0 Å². The fraction of sp³-hybridized carbons (Fsp3) is 1.00. The van der Waals surface area contributed by atoms with Crippen molar-refractivity contribution in [2.75, 3.05) is 60.7 Å². The van der Waals surface area contributed by atoms with Crippen LogP contribution in [0, 0.1) is 0 Å². The predicted octanol–water partition coefficient (Wildman–Crippen LogP) is -0.0583. The molecule has 1 unspecified atom stereocenters. The molecular weight excluding hydrogens is 220 g/mol. The van der Waals surface area contributed by atoms with Crippen LogP contribution < -0.4 is 5.32 Å². The third-order valence-electron chi connectivity index (χ3n) is 2.96. The van der Waals surface area contributed by atoms with E-state index in [4.69, 9.17) is 9.47 Å². The number of likely N-dealkylation sites (N-methyl/N-ethyl adjacent to an activating group) is 1. The summed E-state index contributed by atoms with van der Waals surface area (Å²) in [6, 6.07) is 0. The van der Waals surface area contributed by atoms with Crippen molar-refractivity contribution in [2.45, 2.75) is 18.9 Å². The molecule has 0 aromatic heterocycles. The Morgan fingerprint density at radius 2 is 1.82 bits per heavy atom. The zero-order chi connectivity index (χ0) is 13.1. The van der Waals surface area contributed by atoms with Crippen molar-refractivity contribution in [3.8, 4) is 0 Å². The molecule has 0 amide bonds. The first-order valence-corrected chi connectivity index (χ1v) is 6.12. The average Bonchev–Trinajstić information content (AvgIpc) is 2.35. The lowest BCUT2D eigenvalue weighted by Gasteiger charge is -2.34. The Kier molecular flexibility index (Phi) is 9.68. The smallest absolute Gasteiger partial charge is 0.0623 e. The van der Waals surface area contributed by atoms with E-state index in [2.05, 4.69) is 10.2 Å². The van der Waals surface area contributed by atoms with Gasteiger partial charge in [0.25, 0.3) is 0 Å². The van der Waals surface area contributed by atoms with E-state index >= 15 is 0 Å². The van der Waals surface area contributed by atoms with Crippen molar-refractivity contribution in [1.82, 2.24) is 10.2 Å². The fourth-order valence-corrected chi connectivity index (χ4v) is 1.62. The molecule has 0 radical (unpaired) electrons. The van der Waals surface area contributed by atoms with Crippen molar-refractivity contribution >= 4 is 0 Å². The minimum absolute atomic E-state index is 0.122. The molecular formula is C12H28N2O3. The fourth-order valence-electron chi connectivity index (χ4n) is 1.62. The number of aliphatic hydroxyl groups is 1. The maximum Gasteiger partial charge on any atom is 0.0623 e. The Balaban J connectivity index is 4.15. The van der Waals surface area contributed by atoms with Crippen LogP contribution in [0.4, 0.5) is 0 Å². The first-order valence-electron chi connectivity index (χ1n) is 6.12. The Hall–Kier alpha value is -0.200. The predicted molar refractivity (Wildman–Crippen MR) is 69.4 cm³/mol. The summed E-state index contributed by atoms with van der Waals surface area (Å²) >= 11 is 0. The molecule has 17 heavy (non-hydrogen) atoms. The lowest BCUT2D eigenvalue weighted by atomic mass is 10.0. The van der Waals surface area contributed by atoms with Gasteiger partial charge < -0.3 is 19.9 Å². The second kappa shape index (κ2) is 9.79. The van der Waals surface area contributed by atoms with Crippen molar-refractivity contribution < 1.29 is 14.6 Å². The zero-order valence-electron chi connectivity index (χ0n) is 11.7. The summed E-state index contributed by atoms with van der Waals surface area (Å²) in [4.78, 5) is 2.29. The Morgan fingerprint density at radius 1 is 1.18 bits per heavy atom. The molecule has 5 nitrogen and oxygen atoms in total. The highest BCUT2D eigenvalue weighted by Gasteiger charge is 2.23. The first-order chi connectivity index (χ1) is 8.11. The summed E-state index contributed by atoms with van der Waals surface area (Å²) in [6.07, 6.45) is 0.992. The molecule has 0 saturated carbocycles. The highest BCUT2D eigenvalue weighted by atomic mass is 16.5. The van der Waals surface area contributed by atoms with Crippen LogP contribution in [0.2, 0.25) is 0 Å². The number of methoxy groups -OCH3 is 2. The van der Waals surface area contributed by atoms with Gasteiger partial charge in [0.2, 0.25) is 0 Å². The van der Waals surface area contributed by atoms with Gasteiger partial charge in [-0.15, -0.1) is 0 Å². The molecule has 5 heteroatoms. The van der Waals surface area contributed by atoms with E-state index in [1.54, 1.807) is 14.2 Å². The van der Waals surface area contributed by atoms with Crippen LogP contribution >= 0.6 is 0 Å². The molecule has 0 heterocycles. The standard InChI is InChI=1S/C12H28N2O3/c1-12(11-15,13-2)10-14(7-9-17-4)6-5-8-16-3/h13,15H,5-11H2,1-4H3. The van der Waals surface area contributed by atoms with Gasteiger partial charge in [-0.1, -0.05) is 0 Å². The number of nitrogens with zero attached hydrogens (tertiary/aromatic N) is 1. The maximum atomic E-state index is 9.39. The van der Waals surface area contributed by atoms with Gasteiger partial charge in [0, 0.05) is 40.5 Å². The van der Waals surface area contributed by atoms with Crippen molar-refractivity contribution in [1.29, 1.82) is 0 Å². The Bertz CT molecular complexity index is 175. The molecule has 0 fully saturated rings. The third kappa shape index (κ3) is 7.68. The van der Waals surface area contributed by atoms with Gasteiger partial charge in [-0.3, -0.25) is 4.90 Å². The highest BCUT2D eigenvalue weighted by Crippen LogP contribution is 2.06. The van der Waals surface area contributed by atoms with Crippen molar-refractivity contribution in [3.05, 3.63) is 0 Å². The molecule has 0 rings (SSSR count). The summed E-state index contributed by atoms with van der Waals surface area (Å²) in [6.45, 7) is 6.23. The molecule has 0 aliphatic rings. The minimum Gasteiger partial charge on any atom is -0.394 e. The monoisotopic (exact) mass is 248 g/mol. The van der Waals surface area contributed by atoms with Crippen LogP contribution in [0.3, 0.4) is 0 Å². The lowest BCUT2D eigenvalue weighted by molar-refractivity contribution is 0.0907. The van der Waals surface area contributed by atoms with E-state index in [9.17, 15) is 5.11 Å². The number of nitrogens with one attached hydrogen (secondary N) is 1. The first kappa shape index (κ1) is 16.8. The van der Waals surface area contributed by atoms with Gasteiger partial charge in [-0.05, 0) is 20.4 Å². The molecule has 2 N–H and O–H groups in total. The molecule has 104 valence electrons. The number of ether oxygens (including phenoxy) is 2. The number of aliphatic hydroxyl groups excluding tert-OH is 1. The summed E-state index contributed by atoms with van der Waals surface area (Å²) in [5.41, 5.74) is -0.263. The minimum atomic E-state index is -0.263. The van der Waals surface area contributed by atoms with E-state index in [-0.39, 0.29) is 12.1 Å². The molecule has 0 aliphatic heterocycles. The number of hydrogen-bond donors (Lipinski definition) is 2. The normalized spacial score (nSPS) is 15.2. The highest BCUT2D eigenvalue weighted by molar-refractivity contribution is 4.84. The molecule has 1 atom stereocenters. The molecule has 0 saturated heterocycles. The summed E-state index contributed by atoms with van der Waals surface area (Å²) < 4.78 is 10.2. The van der Waals surface area contributed by atoms with E-state index in [0.29, 0.717) is 6.61 Å². The second-order valence-corrected chi connectivity index (χ2v) is 4.58. The molecule has 0 aromatic carbocycles. The Morgan fingerprint density at radius 3 is 2.29 bits per heavy atom. The lowest BCUT2D eigenvalue weighted by Crippen LogP contribution is -2.53. The van der Waals surface area contributed by atoms with Crippen LogP contribution in [0.1, 0.15) is 13.3 Å². The van der Waals surface area contributed by atoms with Crippen LogP contribution in [-0.4, -0.2) is 76.3 Å². The summed E-state index contributed by atoms with van der Waals surface area (Å²) in [5, 5.41) is 12.5. The van der Waals surface area contributed by atoms with Gasteiger partial charge in [0.15, 0.2) is 0 Å². The van der Waals surface area contributed by atoms with Crippen LogP contribution in [0.15, 0.2) is 0 Å². The second-order valence-electron chi connectivity index (χ2n) is 4.58. The number of rotatable bonds is 11. The average molecular weight is 248 g/mol. The third-order valence-corrected chi connectivity index (χ3v) is 2.96. The van der Waals surface area contributed by atoms with E-state index in [1.165, 1.54) is 0 Å². The molecule has 0 aromatic rings. The van der Waals surface area contributed by atoms with E-state index < -0.39 is 0 Å². The van der Waals surface area contributed by atoms with Crippen molar-refractivity contribution in [2.24, 2.45) is 0 Å². The maximum absolute atomic E-state index is 9.39. The Labute approximate surface area is 105 Å². The number of hydrogen-bond acceptors (Lipinski definition) is 5.